The summed E-state index contributed by atoms with van der Waals surface area (Å²) >= 11 is 0. The molecule has 4 rings (SSSR count). The Labute approximate surface area is 176 Å². The lowest BCUT2D eigenvalue weighted by molar-refractivity contribution is -0.142. The Morgan fingerprint density at radius 2 is 1.80 bits per heavy atom. The Morgan fingerprint density at radius 1 is 1.10 bits per heavy atom. The van der Waals surface area contributed by atoms with Crippen LogP contribution in [0.4, 0.5) is 0 Å². The van der Waals surface area contributed by atoms with Gasteiger partial charge >= 0.3 is 0 Å². The van der Waals surface area contributed by atoms with Gasteiger partial charge in [0.25, 0.3) is 11.5 Å². The number of benzene rings is 1. The van der Waals surface area contributed by atoms with Gasteiger partial charge in [0, 0.05) is 31.1 Å². The fourth-order valence-electron chi connectivity index (χ4n) is 3.91. The molecule has 30 heavy (non-hydrogen) atoms. The molecule has 7 nitrogen and oxygen atoms in total. The van der Waals surface area contributed by atoms with E-state index in [1.165, 1.54) is 0 Å². The number of piperidine rings is 1. The average Bonchev–Trinajstić information content (AvgIpc) is 2.74. The Kier molecular flexibility index (Phi) is 5.54. The lowest BCUT2D eigenvalue weighted by atomic mass is 9.92. The number of carbonyl (C=O) groups excluding carboxylic acids is 1. The highest BCUT2D eigenvalue weighted by atomic mass is 16.6. The third-order valence-corrected chi connectivity index (χ3v) is 5.78. The van der Waals surface area contributed by atoms with Gasteiger partial charge in [-0.15, -0.1) is 0 Å². The van der Waals surface area contributed by atoms with E-state index in [0.29, 0.717) is 37.1 Å². The fraction of sp³-hybridized carbons (Fsp3) is 0.522. The van der Waals surface area contributed by atoms with Crippen molar-refractivity contribution in [2.45, 2.75) is 51.7 Å². The van der Waals surface area contributed by atoms with Crippen molar-refractivity contribution in [2.75, 3.05) is 19.7 Å². The first-order valence-corrected chi connectivity index (χ1v) is 10.6. The summed E-state index contributed by atoms with van der Waals surface area (Å²) in [6.45, 7) is 8.38. The molecule has 2 aromatic rings. The lowest BCUT2D eigenvalue weighted by Gasteiger charge is -2.35. The maximum atomic E-state index is 12.9. The van der Waals surface area contributed by atoms with Crippen LogP contribution in [-0.2, 0) is 16.8 Å². The van der Waals surface area contributed by atoms with E-state index in [0.717, 1.165) is 18.5 Å². The number of ether oxygens (including phenoxy) is 2. The van der Waals surface area contributed by atoms with Gasteiger partial charge in [0.2, 0.25) is 6.10 Å². The van der Waals surface area contributed by atoms with Crippen molar-refractivity contribution in [1.29, 1.82) is 0 Å². The van der Waals surface area contributed by atoms with E-state index >= 15 is 0 Å². The zero-order valence-corrected chi connectivity index (χ0v) is 17.8. The van der Waals surface area contributed by atoms with Gasteiger partial charge in [0.05, 0.1) is 5.69 Å². The van der Waals surface area contributed by atoms with Crippen LogP contribution in [0.5, 0.6) is 11.5 Å². The maximum absolute atomic E-state index is 12.9. The molecule has 3 heterocycles. The summed E-state index contributed by atoms with van der Waals surface area (Å²) in [6.07, 6.45) is 1.07. The molecule has 0 spiro atoms. The summed E-state index contributed by atoms with van der Waals surface area (Å²) in [6, 6.07) is 10.8. The van der Waals surface area contributed by atoms with Gasteiger partial charge in [-0.25, -0.2) is 4.68 Å². The lowest BCUT2D eigenvalue weighted by Crippen LogP contribution is -2.49. The molecule has 1 fully saturated rings. The van der Waals surface area contributed by atoms with Crippen LogP contribution in [0.15, 0.2) is 41.2 Å². The molecule has 160 valence electrons. The second kappa shape index (κ2) is 8.13. The van der Waals surface area contributed by atoms with Gasteiger partial charge < -0.3 is 14.4 Å². The number of nitrogens with zero attached hydrogens (tertiary/aromatic N) is 3. The van der Waals surface area contributed by atoms with Gasteiger partial charge in [-0.1, -0.05) is 32.9 Å². The smallest absolute Gasteiger partial charge is 0.267 e. The van der Waals surface area contributed by atoms with Gasteiger partial charge in [-0.05, 0) is 37.0 Å². The molecular formula is C23H29N3O4. The number of likely N-dealkylation sites (tertiary alicyclic amines) is 1. The first-order chi connectivity index (χ1) is 14.3. The first kappa shape index (κ1) is 20.4. The van der Waals surface area contributed by atoms with E-state index in [1.807, 2.05) is 35.2 Å². The third-order valence-electron chi connectivity index (χ3n) is 5.78. The van der Waals surface area contributed by atoms with Crippen LogP contribution in [0.3, 0.4) is 0 Å². The standard InChI is InChI=1S/C23H29N3O4/c1-23(2,3)20-8-9-21(27)26(24-20)14-16-10-12-25(13-11-16)22(28)19-15-29-17-6-4-5-7-18(17)30-19/h4-9,16,19H,10-15H2,1-3H3. The molecule has 0 aliphatic carbocycles. The molecule has 0 bridgehead atoms. The summed E-state index contributed by atoms with van der Waals surface area (Å²) in [5.41, 5.74) is 0.726. The highest BCUT2D eigenvalue weighted by Crippen LogP contribution is 2.31. The van der Waals surface area contributed by atoms with Gasteiger partial charge in [0.1, 0.15) is 6.61 Å². The molecule has 0 N–H and O–H groups in total. The zero-order chi connectivity index (χ0) is 21.3. The SMILES string of the molecule is CC(C)(C)c1ccc(=O)n(CC2CCN(C(=O)C3COc4ccccc4O3)CC2)n1. The predicted molar refractivity (Wildman–Crippen MR) is 113 cm³/mol. The van der Waals surface area contributed by atoms with Crippen molar-refractivity contribution < 1.29 is 14.3 Å². The number of aromatic nitrogens is 2. The summed E-state index contributed by atoms with van der Waals surface area (Å²) < 4.78 is 13.1. The van der Waals surface area contributed by atoms with E-state index in [4.69, 9.17) is 9.47 Å². The molecule has 1 unspecified atom stereocenters. The maximum Gasteiger partial charge on any atom is 0.267 e. The summed E-state index contributed by atoms with van der Waals surface area (Å²) in [7, 11) is 0. The summed E-state index contributed by atoms with van der Waals surface area (Å²) in [5, 5.41) is 4.57. The number of carbonyl (C=O) groups is 1. The first-order valence-electron chi connectivity index (χ1n) is 10.6. The number of hydrogen-bond acceptors (Lipinski definition) is 5. The van der Waals surface area contributed by atoms with Crippen molar-refractivity contribution in [3.63, 3.8) is 0 Å². The molecule has 1 saturated heterocycles. The van der Waals surface area contributed by atoms with Crippen molar-refractivity contribution in [3.8, 4) is 11.5 Å². The molecule has 0 radical (unpaired) electrons. The van der Waals surface area contributed by atoms with Crippen LogP contribution >= 0.6 is 0 Å². The molecule has 1 aromatic carbocycles. The second-order valence-corrected chi connectivity index (χ2v) is 9.12. The van der Waals surface area contributed by atoms with Gasteiger partial charge in [0.15, 0.2) is 11.5 Å². The van der Waals surface area contributed by atoms with Crippen LogP contribution in [0.2, 0.25) is 0 Å². The van der Waals surface area contributed by atoms with E-state index in [2.05, 4.69) is 25.9 Å². The van der Waals surface area contributed by atoms with Gasteiger partial charge in [-0.3, -0.25) is 9.59 Å². The van der Waals surface area contributed by atoms with E-state index in [-0.39, 0.29) is 23.5 Å². The fourth-order valence-corrected chi connectivity index (χ4v) is 3.91. The van der Waals surface area contributed by atoms with Gasteiger partial charge in [-0.2, -0.15) is 5.10 Å². The molecular weight excluding hydrogens is 382 g/mol. The highest BCUT2D eigenvalue weighted by Gasteiger charge is 2.33. The topological polar surface area (TPSA) is 73.7 Å². The van der Waals surface area contributed by atoms with Crippen molar-refractivity contribution in [3.05, 3.63) is 52.4 Å². The highest BCUT2D eigenvalue weighted by molar-refractivity contribution is 5.82. The van der Waals surface area contributed by atoms with Crippen molar-refractivity contribution in [1.82, 2.24) is 14.7 Å². The molecule has 1 aromatic heterocycles. The Bertz CT molecular complexity index is 971. The minimum atomic E-state index is -0.607. The average molecular weight is 412 g/mol. The Hall–Kier alpha value is -2.83. The molecule has 1 amide bonds. The Morgan fingerprint density at radius 3 is 2.50 bits per heavy atom. The predicted octanol–water partition coefficient (Wildman–Crippen LogP) is 2.62. The largest absolute Gasteiger partial charge is 0.485 e. The monoisotopic (exact) mass is 411 g/mol. The van der Waals surface area contributed by atoms with E-state index in [1.54, 1.807) is 10.7 Å². The molecule has 1 atom stereocenters. The Balaban J connectivity index is 1.34. The van der Waals surface area contributed by atoms with Crippen LogP contribution in [0.1, 0.15) is 39.3 Å². The minimum absolute atomic E-state index is 0.0343. The number of hydrogen-bond donors (Lipinski definition) is 0. The van der Waals surface area contributed by atoms with Crippen LogP contribution in [0.25, 0.3) is 0 Å². The molecule has 7 heteroatoms. The molecule has 0 saturated carbocycles. The van der Waals surface area contributed by atoms with E-state index < -0.39 is 6.10 Å². The number of fused-ring (bicyclic) bond motifs is 1. The molecule has 2 aliphatic rings. The number of amides is 1. The zero-order valence-electron chi connectivity index (χ0n) is 17.8. The van der Waals surface area contributed by atoms with Crippen LogP contribution in [0, 0.1) is 5.92 Å². The summed E-state index contributed by atoms with van der Waals surface area (Å²) in [4.78, 5) is 27.0. The third kappa shape index (κ3) is 4.35. The van der Waals surface area contributed by atoms with Crippen LogP contribution in [-0.4, -0.2) is 46.4 Å². The number of rotatable bonds is 3. The minimum Gasteiger partial charge on any atom is -0.485 e. The second-order valence-electron chi connectivity index (χ2n) is 9.12. The summed E-state index contributed by atoms with van der Waals surface area (Å²) in [5.74, 6) is 1.57. The normalized spacial score (nSPS) is 19.6. The van der Waals surface area contributed by atoms with Crippen LogP contribution < -0.4 is 15.0 Å². The van der Waals surface area contributed by atoms with Crippen molar-refractivity contribution >= 4 is 5.91 Å². The molecule has 2 aliphatic heterocycles. The quantitative estimate of drug-likeness (QED) is 0.776. The van der Waals surface area contributed by atoms with E-state index in [9.17, 15) is 9.59 Å². The number of para-hydroxylation sites is 2. The van der Waals surface area contributed by atoms with Crippen molar-refractivity contribution in [2.24, 2.45) is 5.92 Å².